The number of phenolic OH excluding ortho intramolecular Hbond substituents is 1. The fourth-order valence-corrected chi connectivity index (χ4v) is 3.77. The SMILES string of the molecule is CSc1ccc(O)c(SC)c1SC. The Bertz CT molecular complexity index is 299. The molecular formula is C9H12OS3. The van der Waals surface area contributed by atoms with Crippen LogP contribution in [0.15, 0.2) is 26.8 Å². The van der Waals surface area contributed by atoms with Gasteiger partial charge >= 0.3 is 0 Å². The maximum atomic E-state index is 9.60. The lowest BCUT2D eigenvalue weighted by Crippen LogP contribution is -1.82. The molecule has 1 aromatic rings. The second-order valence-corrected chi connectivity index (χ2v) is 4.83. The summed E-state index contributed by atoms with van der Waals surface area (Å²) in [5.74, 6) is 0.384. The third-order valence-corrected chi connectivity index (χ3v) is 4.38. The summed E-state index contributed by atoms with van der Waals surface area (Å²) in [6, 6.07) is 3.73. The quantitative estimate of drug-likeness (QED) is 0.804. The molecule has 72 valence electrons. The third kappa shape index (κ3) is 2.30. The number of benzene rings is 1. The Morgan fingerprint density at radius 1 is 0.923 bits per heavy atom. The van der Waals surface area contributed by atoms with Gasteiger partial charge in [-0.1, -0.05) is 0 Å². The van der Waals surface area contributed by atoms with Crippen LogP contribution >= 0.6 is 35.3 Å². The zero-order valence-electron chi connectivity index (χ0n) is 7.83. The minimum atomic E-state index is 0.384. The predicted octanol–water partition coefficient (Wildman–Crippen LogP) is 3.56. The molecule has 0 spiro atoms. The van der Waals surface area contributed by atoms with Crippen molar-refractivity contribution in [3.63, 3.8) is 0 Å². The van der Waals surface area contributed by atoms with Gasteiger partial charge in [0, 0.05) is 9.79 Å². The van der Waals surface area contributed by atoms with E-state index >= 15 is 0 Å². The van der Waals surface area contributed by atoms with Crippen molar-refractivity contribution in [3.8, 4) is 5.75 Å². The van der Waals surface area contributed by atoms with Crippen molar-refractivity contribution in [2.75, 3.05) is 18.8 Å². The topological polar surface area (TPSA) is 20.2 Å². The van der Waals surface area contributed by atoms with Crippen LogP contribution in [-0.4, -0.2) is 23.9 Å². The van der Waals surface area contributed by atoms with E-state index in [9.17, 15) is 5.11 Å². The molecule has 1 rings (SSSR count). The standard InChI is InChI=1S/C9H12OS3/c1-11-7-5-4-6(10)8(12-2)9(7)13-3/h4-5,10H,1-3H3. The summed E-state index contributed by atoms with van der Waals surface area (Å²) >= 11 is 4.99. The molecule has 0 heterocycles. The van der Waals surface area contributed by atoms with Gasteiger partial charge in [0.15, 0.2) is 0 Å². The van der Waals surface area contributed by atoms with Gasteiger partial charge < -0.3 is 5.11 Å². The molecule has 0 aliphatic rings. The number of thioether (sulfide) groups is 3. The summed E-state index contributed by atoms with van der Waals surface area (Å²) in [5.41, 5.74) is 0. The van der Waals surface area contributed by atoms with Gasteiger partial charge in [0.05, 0.1) is 4.90 Å². The molecule has 0 saturated carbocycles. The minimum absolute atomic E-state index is 0.384. The van der Waals surface area contributed by atoms with Crippen molar-refractivity contribution in [2.45, 2.75) is 14.7 Å². The molecule has 4 heteroatoms. The summed E-state index contributed by atoms with van der Waals surface area (Å²) < 4.78 is 0. The number of phenols is 1. The van der Waals surface area contributed by atoms with Gasteiger partial charge in [-0.2, -0.15) is 0 Å². The molecule has 0 aromatic heterocycles. The van der Waals surface area contributed by atoms with Crippen LogP contribution in [0.2, 0.25) is 0 Å². The predicted molar refractivity (Wildman–Crippen MR) is 63.4 cm³/mol. The van der Waals surface area contributed by atoms with Crippen molar-refractivity contribution in [2.24, 2.45) is 0 Å². The zero-order valence-corrected chi connectivity index (χ0v) is 10.3. The van der Waals surface area contributed by atoms with Crippen LogP contribution in [0.4, 0.5) is 0 Å². The van der Waals surface area contributed by atoms with Crippen LogP contribution in [0.1, 0.15) is 0 Å². The number of hydrogen-bond donors (Lipinski definition) is 1. The molecule has 0 bridgehead atoms. The molecule has 0 fully saturated rings. The number of aromatic hydroxyl groups is 1. The lowest BCUT2D eigenvalue weighted by Gasteiger charge is -2.10. The van der Waals surface area contributed by atoms with Crippen LogP contribution in [0, 0.1) is 0 Å². The fraction of sp³-hybridized carbons (Fsp3) is 0.333. The maximum absolute atomic E-state index is 9.60. The summed E-state index contributed by atoms with van der Waals surface area (Å²) in [6.07, 6.45) is 6.07. The average Bonchev–Trinajstić information content (AvgIpc) is 2.17. The second kappa shape index (κ2) is 5.08. The van der Waals surface area contributed by atoms with Crippen LogP contribution < -0.4 is 0 Å². The second-order valence-electron chi connectivity index (χ2n) is 2.35. The molecule has 0 saturated heterocycles. The molecule has 0 unspecified atom stereocenters. The molecule has 0 radical (unpaired) electrons. The van der Waals surface area contributed by atoms with Crippen molar-refractivity contribution < 1.29 is 5.11 Å². The first-order valence-corrected chi connectivity index (χ1v) is 7.40. The lowest BCUT2D eigenvalue weighted by atomic mass is 10.3. The van der Waals surface area contributed by atoms with E-state index < -0.39 is 0 Å². The van der Waals surface area contributed by atoms with E-state index in [0.717, 1.165) is 4.90 Å². The molecule has 0 aliphatic carbocycles. The fourth-order valence-electron chi connectivity index (χ4n) is 1.09. The highest BCUT2D eigenvalue weighted by atomic mass is 32.2. The highest BCUT2D eigenvalue weighted by molar-refractivity contribution is 8.03. The molecule has 1 nitrogen and oxygen atoms in total. The average molecular weight is 232 g/mol. The smallest absolute Gasteiger partial charge is 0.130 e. The van der Waals surface area contributed by atoms with E-state index in [1.54, 1.807) is 41.4 Å². The van der Waals surface area contributed by atoms with Crippen LogP contribution in [0.3, 0.4) is 0 Å². The first-order valence-electron chi connectivity index (χ1n) is 3.72. The van der Waals surface area contributed by atoms with E-state index in [0.29, 0.717) is 5.75 Å². The Kier molecular flexibility index (Phi) is 4.35. The van der Waals surface area contributed by atoms with Crippen molar-refractivity contribution >= 4 is 35.3 Å². The van der Waals surface area contributed by atoms with Gasteiger partial charge in [-0.25, -0.2) is 0 Å². The van der Waals surface area contributed by atoms with Crippen LogP contribution in [0.5, 0.6) is 5.75 Å². The van der Waals surface area contributed by atoms with Gasteiger partial charge in [0.25, 0.3) is 0 Å². The van der Waals surface area contributed by atoms with E-state index in [4.69, 9.17) is 0 Å². The zero-order chi connectivity index (χ0) is 9.84. The third-order valence-electron chi connectivity index (χ3n) is 1.68. The summed E-state index contributed by atoms with van der Waals surface area (Å²) in [7, 11) is 0. The Hall–Kier alpha value is 0.0700. The minimum Gasteiger partial charge on any atom is -0.507 e. The molecule has 13 heavy (non-hydrogen) atoms. The Morgan fingerprint density at radius 3 is 2.00 bits per heavy atom. The monoisotopic (exact) mass is 232 g/mol. The lowest BCUT2D eigenvalue weighted by molar-refractivity contribution is 0.458. The van der Waals surface area contributed by atoms with Gasteiger partial charge in [-0.3, -0.25) is 0 Å². The van der Waals surface area contributed by atoms with Crippen molar-refractivity contribution in [1.82, 2.24) is 0 Å². The molecule has 1 aromatic carbocycles. The number of rotatable bonds is 3. The van der Waals surface area contributed by atoms with Crippen molar-refractivity contribution in [1.29, 1.82) is 0 Å². The largest absolute Gasteiger partial charge is 0.507 e. The normalized spacial score (nSPS) is 10.4. The van der Waals surface area contributed by atoms with Gasteiger partial charge in [-0.15, -0.1) is 35.3 Å². The molecular weight excluding hydrogens is 220 g/mol. The molecule has 0 amide bonds. The van der Waals surface area contributed by atoms with E-state index in [2.05, 4.69) is 6.26 Å². The van der Waals surface area contributed by atoms with Gasteiger partial charge in [0.1, 0.15) is 5.75 Å². The maximum Gasteiger partial charge on any atom is 0.130 e. The molecule has 0 aliphatic heterocycles. The van der Waals surface area contributed by atoms with Gasteiger partial charge in [0.2, 0.25) is 0 Å². The Labute approximate surface area is 91.7 Å². The Balaban J connectivity index is 3.27. The van der Waals surface area contributed by atoms with E-state index in [1.807, 2.05) is 18.6 Å². The van der Waals surface area contributed by atoms with Gasteiger partial charge in [-0.05, 0) is 30.9 Å². The first-order chi connectivity index (χ1) is 6.24. The highest BCUT2D eigenvalue weighted by Crippen LogP contribution is 2.41. The summed E-state index contributed by atoms with van der Waals surface area (Å²) in [5, 5.41) is 9.60. The van der Waals surface area contributed by atoms with Crippen LogP contribution in [0.25, 0.3) is 0 Å². The Morgan fingerprint density at radius 2 is 1.54 bits per heavy atom. The first kappa shape index (κ1) is 11.1. The van der Waals surface area contributed by atoms with E-state index in [1.165, 1.54) is 9.79 Å². The number of hydrogen-bond acceptors (Lipinski definition) is 4. The summed E-state index contributed by atoms with van der Waals surface area (Å²) in [6.45, 7) is 0. The van der Waals surface area contributed by atoms with Crippen molar-refractivity contribution in [3.05, 3.63) is 12.1 Å². The molecule has 0 atom stereocenters. The molecule has 1 N–H and O–H groups in total. The van der Waals surface area contributed by atoms with Crippen LogP contribution in [-0.2, 0) is 0 Å². The highest BCUT2D eigenvalue weighted by Gasteiger charge is 2.10. The van der Waals surface area contributed by atoms with E-state index in [-0.39, 0.29) is 0 Å². The summed E-state index contributed by atoms with van der Waals surface area (Å²) in [4.78, 5) is 3.40.